The molecule has 0 amide bonds. The molecule has 0 bridgehead atoms. The number of aryl methyl sites for hydroxylation is 1. The number of methoxy groups -OCH3 is 1. The van der Waals surface area contributed by atoms with Crippen molar-refractivity contribution >= 4 is 32.2 Å². The molecule has 0 aliphatic rings. The molecule has 3 rings (SSSR count). The minimum absolute atomic E-state index is 0.140. The first-order valence-electron chi connectivity index (χ1n) is 9.05. The Kier molecular flexibility index (Phi) is 7.12. The molecule has 0 aliphatic carbocycles. The van der Waals surface area contributed by atoms with E-state index in [9.17, 15) is 8.42 Å². The van der Waals surface area contributed by atoms with Crippen molar-refractivity contribution in [3.05, 3.63) is 87.9 Å². The van der Waals surface area contributed by atoms with Gasteiger partial charge in [0.05, 0.1) is 22.7 Å². The number of sulfonamides is 1. The van der Waals surface area contributed by atoms with Crippen molar-refractivity contribution in [1.82, 2.24) is 4.83 Å². The van der Waals surface area contributed by atoms with Crippen LogP contribution in [-0.2, 0) is 16.6 Å². The summed E-state index contributed by atoms with van der Waals surface area (Å²) < 4.78 is 36.6. The van der Waals surface area contributed by atoms with Gasteiger partial charge in [0.1, 0.15) is 6.61 Å². The molecule has 30 heavy (non-hydrogen) atoms. The summed E-state index contributed by atoms with van der Waals surface area (Å²) in [6.07, 6.45) is 1.40. The summed E-state index contributed by atoms with van der Waals surface area (Å²) in [5, 5.41) is 3.86. The zero-order valence-electron chi connectivity index (χ0n) is 16.5. The van der Waals surface area contributed by atoms with Crippen LogP contribution in [0.25, 0.3) is 0 Å². The fourth-order valence-corrected chi connectivity index (χ4v) is 4.09. The van der Waals surface area contributed by atoms with Gasteiger partial charge in [0.25, 0.3) is 10.0 Å². The van der Waals surface area contributed by atoms with Crippen LogP contribution in [0, 0.1) is 6.92 Å². The van der Waals surface area contributed by atoms with E-state index in [2.05, 4.69) is 25.9 Å². The van der Waals surface area contributed by atoms with Gasteiger partial charge < -0.3 is 9.47 Å². The monoisotopic (exact) mass is 488 g/mol. The van der Waals surface area contributed by atoms with E-state index in [1.807, 2.05) is 31.2 Å². The van der Waals surface area contributed by atoms with Crippen LogP contribution in [0.1, 0.15) is 16.7 Å². The SMILES string of the molecule is COc1cc(/C=N\NS(=O)(=O)c2ccccc2)cc(Br)c1OCc1ccccc1C. The first kappa shape index (κ1) is 21.9. The Morgan fingerprint density at radius 3 is 2.47 bits per heavy atom. The van der Waals surface area contributed by atoms with Gasteiger partial charge in [0.15, 0.2) is 11.5 Å². The molecule has 0 unspecified atom stereocenters. The van der Waals surface area contributed by atoms with Crippen LogP contribution >= 0.6 is 15.9 Å². The van der Waals surface area contributed by atoms with Gasteiger partial charge >= 0.3 is 0 Å². The van der Waals surface area contributed by atoms with E-state index >= 15 is 0 Å². The van der Waals surface area contributed by atoms with Crippen LogP contribution in [0.15, 0.2) is 81.2 Å². The maximum atomic E-state index is 12.2. The summed E-state index contributed by atoms with van der Waals surface area (Å²) in [4.78, 5) is 2.34. The third kappa shape index (κ3) is 5.40. The number of nitrogens with zero attached hydrogens (tertiary/aromatic N) is 1. The zero-order valence-corrected chi connectivity index (χ0v) is 18.9. The summed E-state index contributed by atoms with van der Waals surface area (Å²) in [7, 11) is -2.18. The minimum Gasteiger partial charge on any atom is -0.493 e. The highest BCUT2D eigenvalue weighted by Gasteiger charge is 2.13. The number of rotatable bonds is 8. The van der Waals surface area contributed by atoms with Crippen LogP contribution in [0.4, 0.5) is 0 Å². The van der Waals surface area contributed by atoms with E-state index in [-0.39, 0.29) is 4.90 Å². The molecular formula is C22H21BrN2O4S. The van der Waals surface area contributed by atoms with Crippen molar-refractivity contribution in [3.8, 4) is 11.5 Å². The predicted molar refractivity (Wildman–Crippen MR) is 121 cm³/mol. The van der Waals surface area contributed by atoms with Crippen LogP contribution < -0.4 is 14.3 Å². The molecule has 0 atom stereocenters. The largest absolute Gasteiger partial charge is 0.493 e. The summed E-state index contributed by atoms with van der Waals surface area (Å²) in [6.45, 7) is 2.42. The molecule has 3 aromatic rings. The smallest absolute Gasteiger partial charge is 0.276 e. The molecule has 0 spiro atoms. The van der Waals surface area contributed by atoms with E-state index in [1.165, 1.54) is 18.3 Å². The third-order valence-electron chi connectivity index (χ3n) is 4.33. The minimum atomic E-state index is -3.72. The van der Waals surface area contributed by atoms with E-state index in [1.54, 1.807) is 37.4 Å². The summed E-state index contributed by atoms with van der Waals surface area (Å²) in [6, 6.07) is 19.5. The Balaban J connectivity index is 1.75. The zero-order chi connectivity index (χ0) is 21.6. The number of ether oxygens (including phenoxy) is 2. The van der Waals surface area contributed by atoms with Gasteiger partial charge in [0, 0.05) is 0 Å². The topological polar surface area (TPSA) is 77.0 Å². The van der Waals surface area contributed by atoms with E-state index < -0.39 is 10.0 Å². The average molecular weight is 489 g/mol. The van der Waals surface area contributed by atoms with Gasteiger partial charge in [-0.15, -0.1) is 0 Å². The first-order chi connectivity index (χ1) is 14.4. The highest BCUT2D eigenvalue weighted by atomic mass is 79.9. The second-order valence-corrected chi connectivity index (χ2v) is 8.93. The fourth-order valence-electron chi connectivity index (χ4n) is 2.70. The molecule has 0 fully saturated rings. The van der Waals surface area contributed by atoms with E-state index in [0.29, 0.717) is 28.1 Å². The maximum Gasteiger partial charge on any atom is 0.276 e. The van der Waals surface area contributed by atoms with Gasteiger partial charge in [-0.25, -0.2) is 4.83 Å². The Morgan fingerprint density at radius 1 is 1.07 bits per heavy atom. The normalized spacial score (nSPS) is 11.4. The molecular weight excluding hydrogens is 468 g/mol. The summed E-state index contributed by atoms with van der Waals surface area (Å²) in [5.74, 6) is 1.06. The highest BCUT2D eigenvalue weighted by Crippen LogP contribution is 2.37. The molecule has 156 valence electrons. The van der Waals surface area contributed by atoms with Crippen molar-refractivity contribution in [2.45, 2.75) is 18.4 Å². The molecule has 0 aliphatic heterocycles. The lowest BCUT2D eigenvalue weighted by Gasteiger charge is -2.14. The number of hydrogen-bond acceptors (Lipinski definition) is 5. The van der Waals surface area contributed by atoms with E-state index in [4.69, 9.17) is 9.47 Å². The second-order valence-electron chi connectivity index (χ2n) is 6.42. The van der Waals surface area contributed by atoms with Crippen molar-refractivity contribution in [1.29, 1.82) is 0 Å². The van der Waals surface area contributed by atoms with Gasteiger partial charge in [0.2, 0.25) is 0 Å². The lowest BCUT2D eigenvalue weighted by Crippen LogP contribution is -2.18. The van der Waals surface area contributed by atoms with Crippen molar-refractivity contribution in [3.63, 3.8) is 0 Å². The molecule has 0 radical (unpaired) electrons. The van der Waals surface area contributed by atoms with Crippen LogP contribution in [0.3, 0.4) is 0 Å². The van der Waals surface area contributed by atoms with Crippen LogP contribution in [0.5, 0.6) is 11.5 Å². The highest BCUT2D eigenvalue weighted by molar-refractivity contribution is 9.10. The summed E-state index contributed by atoms with van der Waals surface area (Å²) >= 11 is 3.49. The Bertz CT molecular complexity index is 1150. The Morgan fingerprint density at radius 2 is 1.77 bits per heavy atom. The number of benzene rings is 3. The number of nitrogens with one attached hydrogen (secondary N) is 1. The predicted octanol–water partition coefficient (Wildman–Crippen LogP) is 4.66. The van der Waals surface area contributed by atoms with Gasteiger partial charge in [-0.1, -0.05) is 42.5 Å². The molecule has 1 N–H and O–H groups in total. The summed E-state index contributed by atoms with van der Waals surface area (Å²) in [5.41, 5.74) is 2.85. The van der Waals surface area contributed by atoms with E-state index in [0.717, 1.165) is 11.1 Å². The number of hydrazone groups is 1. The molecule has 0 heterocycles. The molecule has 0 saturated heterocycles. The average Bonchev–Trinajstić information content (AvgIpc) is 2.74. The number of hydrogen-bond donors (Lipinski definition) is 1. The molecule has 8 heteroatoms. The quantitative estimate of drug-likeness (QED) is 0.369. The van der Waals surface area contributed by atoms with Crippen LogP contribution in [-0.4, -0.2) is 21.7 Å². The second kappa shape index (κ2) is 9.77. The molecule has 3 aromatic carbocycles. The van der Waals surface area contributed by atoms with Gasteiger partial charge in [-0.05, 0) is 63.8 Å². The Labute approximate surface area is 184 Å². The first-order valence-corrected chi connectivity index (χ1v) is 11.3. The van der Waals surface area contributed by atoms with Crippen molar-refractivity contribution in [2.24, 2.45) is 5.10 Å². The lowest BCUT2D eigenvalue weighted by atomic mass is 10.1. The van der Waals surface area contributed by atoms with Gasteiger partial charge in [-0.3, -0.25) is 0 Å². The fraction of sp³-hybridized carbons (Fsp3) is 0.136. The lowest BCUT2D eigenvalue weighted by molar-refractivity contribution is 0.282. The maximum absolute atomic E-state index is 12.2. The van der Waals surface area contributed by atoms with Crippen molar-refractivity contribution in [2.75, 3.05) is 7.11 Å². The van der Waals surface area contributed by atoms with Crippen molar-refractivity contribution < 1.29 is 17.9 Å². The third-order valence-corrected chi connectivity index (χ3v) is 6.15. The van der Waals surface area contributed by atoms with Gasteiger partial charge in [-0.2, -0.15) is 13.5 Å². The molecule has 6 nitrogen and oxygen atoms in total. The number of halogens is 1. The molecule has 0 saturated carbocycles. The van der Waals surface area contributed by atoms with Crippen LogP contribution in [0.2, 0.25) is 0 Å². The molecule has 0 aromatic heterocycles. The standard InChI is InChI=1S/C22H21BrN2O4S/c1-16-8-6-7-9-18(16)15-29-22-20(23)12-17(13-21(22)28-2)14-24-25-30(26,27)19-10-4-3-5-11-19/h3-14,25H,15H2,1-2H3/b24-14-. The Hall–Kier alpha value is -2.84.